The van der Waals surface area contributed by atoms with Gasteiger partial charge >= 0.3 is 6.09 Å². The topological polar surface area (TPSA) is 84.9 Å². The van der Waals surface area contributed by atoms with E-state index in [2.05, 4.69) is 5.32 Å². The molecule has 0 bridgehead atoms. The molecule has 0 aliphatic heterocycles. The van der Waals surface area contributed by atoms with Crippen molar-refractivity contribution in [1.29, 1.82) is 0 Å². The molecule has 1 amide bonds. The van der Waals surface area contributed by atoms with Crippen LogP contribution in [-0.4, -0.2) is 42.0 Å². The maximum absolute atomic E-state index is 12.4. The molecule has 2 aromatic carbocycles. The van der Waals surface area contributed by atoms with E-state index in [0.29, 0.717) is 0 Å². The van der Waals surface area contributed by atoms with Crippen LogP contribution in [0.4, 0.5) is 4.79 Å². The van der Waals surface area contributed by atoms with Crippen molar-refractivity contribution in [2.75, 3.05) is 7.11 Å². The number of alkyl carbamates (subject to hydrolysis) is 1. The summed E-state index contributed by atoms with van der Waals surface area (Å²) in [6, 6.07) is 16.6. The summed E-state index contributed by atoms with van der Waals surface area (Å²) in [5.41, 5.74) is 2.26. The van der Waals surface area contributed by atoms with Crippen molar-refractivity contribution in [2.24, 2.45) is 0 Å². The van der Waals surface area contributed by atoms with Gasteiger partial charge in [-0.15, -0.1) is 0 Å². The average molecular weight is 385 g/mol. The third-order valence-corrected chi connectivity index (χ3v) is 4.00. The van der Waals surface area contributed by atoms with E-state index >= 15 is 0 Å². The summed E-state index contributed by atoms with van der Waals surface area (Å²) in [6.45, 7) is 5.20. The summed E-state index contributed by atoms with van der Waals surface area (Å²) in [7, 11) is 1.22. The van der Waals surface area contributed by atoms with E-state index in [4.69, 9.17) is 9.47 Å². The van der Waals surface area contributed by atoms with Gasteiger partial charge in [-0.25, -0.2) is 4.79 Å². The van der Waals surface area contributed by atoms with Crippen molar-refractivity contribution in [3.8, 4) is 11.1 Å². The number of benzene rings is 2. The number of carbonyl (C=O) groups excluding carboxylic acids is 2. The molecule has 0 radical (unpaired) electrons. The second kappa shape index (κ2) is 9.48. The summed E-state index contributed by atoms with van der Waals surface area (Å²) < 4.78 is 9.93. The predicted octanol–water partition coefficient (Wildman–Crippen LogP) is 3.32. The highest BCUT2D eigenvalue weighted by Gasteiger charge is 2.29. The summed E-state index contributed by atoms with van der Waals surface area (Å²) in [5.74, 6) is -0.638. The van der Waals surface area contributed by atoms with E-state index in [0.717, 1.165) is 16.7 Å². The zero-order chi connectivity index (χ0) is 20.7. The number of Topliss-reactive ketones (excluding diaryl/α,β-unsaturated/α-hetero) is 1. The van der Waals surface area contributed by atoms with Crippen molar-refractivity contribution in [1.82, 2.24) is 5.32 Å². The number of rotatable bonds is 7. The van der Waals surface area contributed by atoms with Crippen molar-refractivity contribution in [3.05, 3.63) is 60.2 Å². The molecule has 0 aliphatic rings. The van der Waals surface area contributed by atoms with Crippen LogP contribution in [0.3, 0.4) is 0 Å². The molecule has 150 valence electrons. The molecule has 0 fully saturated rings. The van der Waals surface area contributed by atoms with Crippen LogP contribution in [-0.2, 0) is 20.7 Å². The molecule has 6 nitrogen and oxygen atoms in total. The Morgan fingerprint density at radius 2 is 1.57 bits per heavy atom. The van der Waals surface area contributed by atoms with Gasteiger partial charge in [0, 0.05) is 13.5 Å². The third kappa shape index (κ3) is 6.48. The largest absolute Gasteiger partial charge is 0.444 e. The SMILES string of the molecule is COC(O)C(=O)[C@@H](Cc1ccc(-c2ccccc2)cc1)NC(=O)OC(C)(C)C. The molecule has 0 spiro atoms. The van der Waals surface area contributed by atoms with Crippen LogP contribution in [0.1, 0.15) is 26.3 Å². The lowest BCUT2D eigenvalue weighted by Gasteiger charge is -2.24. The summed E-state index contributed by atoms with van der Waals surface area (Å²) in [4.78, 5) is 24.5. The highest BCUT2D eigenvalue weighted by Crippen LogP contribution is 2.20. The van der Waals surface area contributed by atoms with Crippen LogP contribution in [0.5, 0.6) is 0 Å². The fraction of sp³-hybridized carbons (Fsp3) is 0.364. The monoisotopic (exact) mass is 385 g/mol. The molecule has 2 rings (SSSR count). The van der Waals surface area contributed by atoms with Gasteiger partial charge in [0.25, 0.3) is 0 Å². The van der Waals surface area contributed by atoms with E-state index in [1.165, 1.54) is 7.11 Å². The zero-order valence-corrected chi connectivity index (χ0v) is 16.6. The van der Waals surface area contributed by atoms with Crippen LogP contribution in [0.2, 0.25) is 0 Å². The molecular formula is C22H27NO5. The normalized spacial score (nSPS) is 13.5. The number of aliphatic hydroxyl groups is 1. The van der Waals surface area contributed by atoms with Crippen LogP contribution in [0, 0.1) is 0 Å². The number of carbonyl (C=O) groups is 2. The molecule has 2 aromatic rings. The number of ether oxygens (including phenoxy) is 2. The van der Waals surface area contributed by atoms with E-state index < -0.39 is 29.8 Å². The minimum absolute atomic E-state index is 0.202. The molecular weight excluding hydrogens is 358 g/mol. The minimum atomic E-state index is -1.62. The van der Waals surface area contributed by atoms with Gasteiger partial charge in [-0.2, -0.15) is 0 Å². The maximum atomic E-state index is 12.4. The number of amides is 1. The van der Waals surface area contributed by atoms with Gasteiger partial charge in [0.2, 0.25) is 12.1 Å². The zero-order valence-electron chi connectivity index (χ0n) is 16.6. The molecule has 0 saturated heterocycles. The van der Waals surface area contributed by atoms with Gasteiger partial charge < -0.3 is 19.9 Å². The van der Waals surface area contributed by atoms with E-state index in [-0.39, 0.29) is 6.42 Å². The van der Waals surface area contributed by atoms with Crippen molar-refractivity contribution in [2.45, 2.75) is 45.1 Å². The van der Waals surface area contributed by atoms with E-state index in [1.54, 1.807) is 20.8 Å². The molecule has 28 heavy (non-hydrogen) atoms. The molecule has 2 atom stereocenters. The first-order chi connectivity index (χ1) is 13.2. The van der Waals surface area contributed by atoms with Gasteiger partial charge in [-0.05, 0) is 37.5 Å². The minimum Gasteiger partial charge on any atom is -0.444 e. The second-order valence-electron chi connectivity index (χ2n) is 7.46. The fourth-order valence-corrected chi connectivity index (χ4v) is 2.66. The van der Waals surface area contributed by atoms with Crippen LogP contribution >= 0.6 is 0 Å². The Labute approximate surface area is 165 Å². The lowest BCUT2D eigenvalue weighted by Crippen LogP contribution is -2.48. The van der Waals surface area contributed by atoms with Gasteiger partial charge in [0.15, 0.2) is 0 Å². The highest BCUT2D eigenvalue weighted by molar-refractivity contribution is 5.90. The maximum Gasteiger partial charge on any atom is 0.408 e. The van der Waals surface area contributed by atoms with Crippen LogP contribution in [0.15, 0.2) is 54.6 Å². The number of hydrogen-bond acceptors (Lipinski definition) is 5. The Morgan fingerprint density at radius 3 is 2.11 bits per heavy atom. The molecule has 6 heteroatoms. The van der Waals surface area contributed by atoms with Crippen LogP contribution in [0.25, 0.3) is 11.1 Å². The number of methoxy groups -OCH3 is 1. The lowest BCUT2D eigenvalue weighted by atomic mass is 9.99. The number of hydrogen-bond donors (Lipinski definition) is 2. The summed E-state index contributed by atoms with van der Waals surface area (Å²) in [5, 5.41) is 12.3. The Morgan fingerprint density at radius 1 is 1.00 bits per heavy atom. The van der Waals surface area contributed by atoms with Crippen LogP contribution < -0.4 is 5.32 Å². The number of nitrogens with one attached hydrogen (secondary N) is 1. The first-order valence-electron chi connectivity index (χ1n) is 9.08. The fourth-order valence-electron chi connectivity index (χ4n) is 2.66. The first kappa shape index (κ1) is 21.6. The Hall–Kier alpha value is -2.70. The molecule has 0 saturated carbocycles. The Kier molecular flexibility index (Phi) is 7.31. The Balaban J connectivity index is 2.15. The predicted molar refractivity (Wildman–Crippen MR) is 107 cm³/mol. The standard InChI is InChI=1S/C22H27NO5/c1-22(2,3)28-21(26)23-18(19(24)20(25)27-4)14-15-10-12-17(13-11-15)16-8-6-5-7-9-16/h5-13,18,20,25H,14H2,1-4H3,(H,23,26)/t18-,20?/m1/s1. The molecule has 0 aliphatic carbocycles. The van der Waals surface area contributed by atoms with E-state index in [9.17, 15) is 14.7 Å². The van der Waals surface area contributed by atoms with Crippen molar-refractivity contribution in [3.63, 3.8) is 0 Å². The molecule has 0 heterocycles. The molecule has 0 aromatic heterocycles. The van der Waals surface area contributed by atoms with Gasteiger partial charge in [0.05, 0.1) is 0 Å². The smallest absolute Gasteiger partial charge is 0.408 e. The van der Waals surface area contributed by atoms with Crippen molar-refractivity contribution < 1.29 is 24.2 Å². The number of aliphatic hydroxyl groups excluding tert-OH is 1. The number of ketones is 1. The quantitative estimate of drug-likeness (QED) is 0.714. The molecule has 1 unspecified atom stereocenters. The van der Waals surface area contributed by atoms with Gasteiger partial charge in [-0.1, -0.05) is 54.6 Å². The second-order valence-corrected chi connectivity index (χ2v) is 7.46. The van der Waals surface area contributed by atoms with Crippen molar-refractivity contribution >= 4 is 11.9 Å². The Bertz CT molecular complexity index is 781. The molecule has 2 N–H and O–H groups in total. The van der Waals surface area contributed by atoms with Gasteiger partial charge in [-0.3, -0.25) is 4.79 Å². The van der Waals surface area contributed by atoms with Gasteiger partial charge in [0.1, 0.15) is 11.6 Å². The van der Waals surface area contributed by atoms with E-state index in [1.807, 2.05) is 54.6 Å². The summed E-state index contributed by atoms with van der Waals surface area (Å²) >= 11 is 0. The lowest BCUT2D eigenvalue weighted by molar-refractivity contribution is -0.152. The third-order valence-electron chi connectivity index (χ3n) is 4.00. The first-order valence-corrected chi connectivity index (χ1v) is 9.08. The average Bonchev–Trinajstić information content (AvgIpc) is 2.66. The highest BCUT2D eigenvalue weighted by atomic mass is 16.6. The summed E-state index contributed by atoms with van der Waals surface area (Å²) in [6.07, 6.45) is -2.15.